The monoisotopic (exact) mass is 330 g/mol. The molecule has 21 heavy (non-hydrogen) atoms. The van der Waals surface area contributed by atoms with Crippen molar-refractivity contribution in [3.05, 3.63) is 60.7 Å². The average molecular weight is 330 g/mol. The van der Waals surface area contributed by atoms with Gasteiger partial charge >= 0.3 is 36.1 Å². The quantitative estimate of drug-likeness (QED) is 0.312. The van der Waals surface area contributed by atoms with Gasteiger partial charge in [-0.05, 0) is 24.3 Å². The second kappa shape index (κ2) is 6.08. The van der Waals surface area contributed by atoms with Gasteiger partial charge in [-0.25, -0.2) is 0 Å². The number of nitrogen functional groups attached to an aromatic ring is 2. The zero-order chi connectivity index (χ0) is 16.6. The molecule has 0 bridgehead atoms. The Morgan fingerprint density at radius 1 is 0.571 bits per heavy atom. The zero-order valence-electron chi connectivity index (χ0n) is 12.7. The molecule has 0 spiro atoms. The van der Waals surface area contributed by atoms with Crippen LogP contribution in [0.5, 0.6) is 0 Å². The molecule has 0 fully saturated rings. The molecule has 2 nitrogen and oxygen atoms in total. The molecule has 120 valence electrons. The summed E-state index contributed by atoms with van der Waals surface area (Å²) in [6.07, 6.45) is 0. The number of hydrogen-bond acceptors (Lipinski definition) is 2. The molecule has 0 unspecified atom stereocenters. The Balaban J connectivity index is -0.000000250. The molecule has 0 amide bonds. The Hall–Kier alpha value is -2.16. The van der Waals surface area contributed by atoms with Crippen molar-refractivity contribution in [3.8, 4) is 0 Å². The minimum Gasteiger partial charge on any atom is -0.399 e. The van der Waals surface area contributed by atoms with Crippen LogP contribution in [0.25, 0.3) is 0 Å². The number of para-hydroxylation sites is 2. The normalized spacial score (nSPS) is 13.4. The summed E-state index contributed by atoms with van der Waals surface area (Å²) in [5, 5.41) is 0. The number of anilines is 2. The summed E-state index contributed by atoms with van der Waals surface area (Å²) in [6.45, 7) is 0. The SMILES string of the molecule is F[Si-2](F)(F)(F)(F)F.Nc1ccccc1.Nc1ccccc1.[H+].[H+]. The van der Waals surface area contributed by atoms with Crippen molar-refractivity contribution >= 4 is 20.0 Å². The van der Waals surface area contributed by atoms with Crippen LogP contribution < -0.4 is 11.5 Å². The zero-order valence-corrected chi connectivity index (χ0v) is 11.7. The maximum absolute atomic E-state index is 10.8. The van der Waals surface area contributed by atoms with Gasteiger partial charge in [0.2, 0.25) is 0 Å². The topological polar surface area (TPSA) is 52.0 Å². The van der Waals surface area contributed by atoms with Crippen LogP contribution in [0.3, 0.4) is 0 Å². The molecule has 0 saturated carbocycles. The van der Waals surface area contributed by atoms with Crippen LogP contribution in [-0.4, -0.2) is 8.63 Å². The van der Waals surface area contributed by atoms with Crippen LogP contribution in [0.1, 0.15) is 2.85 Å². The molecule has 0 radical (unpaired) electrons. The van der Waals surface area contributed by atoms with E-state index in [1.165, 1.54) is 0 Å². The molecule has 0 aliphatic heterocycles. The van der Waals surface area contributed by atoms with E-state index in [2.05, 4.69) is 0 Å². The Bertz CT molecular complexity index is 488. The van der Waals surface area contributed by atoms with E-state index < -0.39 is 8.63 Å². The fourth-order valence-corrected chi connectivity index (χ4v) is 0.906. The molecular formula is C12H16F6N2Si. The Morgan fingerprint density at radius 3 is 0.857 bits per heavy atom. The van der Waals surface area contributed by atoms with E-state index in [1.807, 2.05) is 60.7 Å². The van der Waals surface area contributed by atoms with E-state index >= 15 is 0 Å². The van der Waals surface area contributed by atoms with Gasteiger partial charge < -0.3 is 11.5 Å². The van der Waals surface area contributed by atoms with E-state index in [9.17, 15) is 24.6 Å². The first-order valence-corrected chi connectivity index (χ1v) is 7.80. The van der Waals surface area contributed by atoms with Crippen LogP contribution in [0, 0.1) is 0 Å². The summed E-state index contributed by atoms with van der Waals surface area (Å²) in [7, 11) is -10.8. The molecule has 0 saturated heterocycles. The first-order chi connectivity index (χ1) is 9.24. The van der Waals surface area contributed by atoms with Gasteiger partial charge in [0.05, 0.1) is 0 Å². The van der Waals surface area contributed by atoms with Gasteiger partial charge in [0.15, 0.2) is 0 Å². The second-order valence-corrected chi connectivity index (χ2v) is 6.04. The van der Waals surface area contributed by atoms with Crippen LogP contribution in [0.15, 0.2) is 60.7 Å². The van der Waals surface area contributed by atoms with E-state index in [0.717, 1.165) is 11.4 Å². The Kier molecular flexibility index (Phi) is 5.45. The minimum atomic E-state index is -10.8. The summed E-state index contributed by atoms with van der Waals surface area (Å²) >= 11 is 0. The molecule has 2 rings (SSSR count). The van der Waals surface area contributed by atoms with Crippen molar-refractivity contribution in [3.63, 3.8) is 0 Å². The molecule has 9 heteroatoms. The van der Waals surface area contributed by atoms with Gasteiger partial charge in [0, 0.05) is 11.4 Å². The summed E-state index contributed by atoms with van der Waals surface area (Å²) in [5.74, 6) is 0. The molecule has 0 aromatic heterocycles. The molecule has 0 aliphatic carbocycles. The maximum atomic E-state index is 9.88. The largest absolute Gasteiger partial charge is 1.00 e. The Morgan fingerprint density at radius 2 is 0.762 bits per heavy atom. The van der Waals surface area contributed by atoms with Crippen molar-refractivity contribution in [2.75, 3.05) is 11.5 Å². The van der Waals surface area contributed by atoms with Gasteiger partial charge in [0.25, 0.3) is 0 Å². The van der Waals surface area contributed by atoms with Gasteiger partial charge in [-0.2, -0.15) is 0 Å². The average Bonchev–Trinajstić information content (AvgIpc) is 2.27. The van der Waals surface area contributed by atoms with Crippen LogP contribution in [0.2, 0.25) is 0 Å². The van der Waals surface area contributed by atoms with E-state index in [4.69, 9.17) is 11.5 Å². The fourth-order valence-electron chi connectivity index (χ4n) is 0.906. The first kappa shape index (κ1) is 18.8. The third kappa shape index (κ3) is 23.4. The van der Waals surface area contributed by atoms with Gasteiger partial charge in [0.1, 0.15) is 0 Å². The molecule has 0 aliphatic rings. The van der Waals surface area contributed by atoms with Gasteiger partial charge in [-0.1, -0.05) is 36.4 Å². The second-order valence-electron chi connectivity index (χ2n) is 3.89. The predicted molar refractivity (Wildman–Crippen MR) is 76.3 cm³/mol. The molecule has 2 aromatic rings. The number of hydrogen-bond donors (Lipinski definition) is 2. The van der Waals surface area contributed by atoms with Crippen molar-refractivity contribution in [1.82, 2.24) is 0 Å². The molecule has 0 atom stereocenters. The van der Waals surface area contributed by atoms with Crippen molar-refractivity contribution in [2.45, 2.75) is 0 Å². The van der Waals surface area contributed by atoms with Crippen LogP contribution in [-0.2, 0) is 0 Å². The van der Waals surface area contributed by atoms with E-state index in [1.54, 1.807) is 0 Å². The van der Waals surface area contributed by atoms with Crippen molar-refractivity contribution in [2.24, 2.45) is 0 Å². The molecule has 0 heterocycles. The standard InChI is InChI=1S/2C6H7N.F6Si/c2*7-6-4-2-1-3-5-6;1-7(2,3,4,5)6/h2*1-5H,7H2;/q;;-2/p+2. The number of benzene rings is 2. The minimum absolute atomic E-state index is 0. The van der Waals surface area contributed by atoms with Crippen LogP contribution in [0.4, 0.5) is 36.0 Å². The Labute approximate surface area is 120 Å². The van der Waals surface area contributed by atoms with Crippen molar-refractivity contribution in [1.29, 1.82) is 0 Å². The fraction of sp³-hybridized carbons (Fsp3) is 0. The third-order valence-corrected chi connectivity index (χ3v) is 1.60. The van der Waals surface area contributed by atoms with E-state index in [-0.39, 0.29) is 2.85 Å². The van der Waals surface area contributed by atoms with Gasteiger partial charge in [-0.3, -0.25) is 0 Å². The summed E-state index contributed by atoms with van der Waals surface area (Å²) < 4.78 is 59.3. The first-order valence-electron chi connectivity index (χ1n) is 5.53. The third-order valence-electron chi connectivity index (χ3n) is 1.60. The number of nitrogens with two attached hydrogens (primary N) is 2. The van der Waals surface area contributed by atoms with E-state index in [0.29, 0.717) is 0 Å². The summed E-state index contributed by atoms with van der Waals surface area (Å²) in [5.41, 5.74) is 12.4. The van der Waals surface area contributed by atoms with Gasteiger partial charge in [-0.15, -0.1) is 0 Å². The molecule has 2 aromatic carbocycles. The smallest absolute Gasteiger partial charge is 0.399 e. The summed E-state index contributed by atoms with van der Waals surface area (Å²) in [6, 6.07) is 19.0. The maximum Gasteiger partial charge on any atom is 1.00 e. The summed E-state index contributed by atoms with van der Waals surface area (Å²) in [4.78, 5) is 0. The van der Waals surface area contributed by atoms with Crippen molar-refractivity contribution < 1.29 is 27.5 Å². The number of halogens is 6. The molecular weight excluding hydrogens is 314 g/mol. The van der Waals surface area contributed by atoms with Crippen LogP contribution >= 0.6 is 0 Å². The predicted octanol–water partition coefficient (Wildman–Crippen LogP) is 4.90. The molecule has 4 N–H and O–H groups in total. The number of rotatable bonds is 0.